The van der Waals surface area contributed by atoms with Crippen LogP contribution in [0.15, 0.2) is 48.9 Å². The van der Waals surface area contributed by atoms with Crippen LogP contribution < -0.4 is 9.61 Å². The molecule has 2 N–H and O–H groups in total. The van der Waals surface area contributed by atoms with Crippen molar-refractivity contribution < 1.29 is 37.4 Å². The predicted octanol–water partition coefficient (Wildman–Crippen LogP) is 3.81. The first-order chi connectivity index (χ1) is 17.6. The van der Waals surface area contributed by atoms with Crippen LogP contribution in [0.2, 0.25) is 5.15 Å². The summed E-state index contributed by atoms with van der Waals surface area (Å²) >= 11 is 6.08. The van der Waals surface area contributed by atoms with Gasteiger partial charge in [0.2, 0.25) is 0 Å². The predicted molar refractivity (Wildman–Crippen MR) is 132 cm³/mol. The van der Waals surface area contributed by atoms with Crippen molar-refractivity contribution >= 4 is 36.4 Å². The van der Waals surface area contributed by atoms with Crippen LogP contribution in [0.1, 0.15) is 27.0 Å². The van der Waals surface area contributed by atoms with Crippen LogP contribution >= 0.6 is 19.3 Å². The molecule has 1 unspecified atom stereocenters. The van der Waals surface area contributed by atoms with Gasteiger partial charge in [-0.25, -0.2) is 18.9 Å². The number of benzene rings is 1. The highest BCUT2D eigenvalue weighted by Crippen LogP contribution is 2.46. The normalized spacial score (nSPS) is 24.2. The fraction of sp³-hybridized carbons (Fsp3) is 0.435. The first-order valence-corrected chi connectivity index (χ1v) is 13.4. The summed E-state index contributed by atoms with van der Waals surface area (Å²) in [5.74, 6) is -0.469. The summed E-state index contributed by atoms with van der Waals surface area (Å²) in [7, 11) is -4.23. The maximum Gasteiger partial charge on any atom is 0.459 e. The SMILES string of the molecule is CC(C)OC(=O)[C@@H](C)NP(=O)(OC[C@H]1O[C@@H](n2ccc3c(Cl)ncnc32)[C@H](F)[C@@H]1O)Oc1ccccc1. The second kappa shape index (κ2) is 11.4. The monoisotopic (exact) mass is 556 g/mol. The van der Waals surface area contributed by atoms with Crippen LogP contribution in [0.3, 0.4) is 0 Å². The standard InChI is InChI=1S/C23H27ClFN4O7P/c1-13(2)34-23(31)14(3)28-37(32,36-15-7-5-4-6-8-15)33-11-17-19(30)18(25)22(35-17)29-10-9-16-20(24)26-12-27-21(16)29/h4-10,12-14,17-19,22,30H,11H2,1-3H3,(H,28,32)/t14-,17-,18-,19-,22-,37?/m1/s1. The third-order valence-electron chi connectivity index (χ3n) is 5.46. The lowest BCUT2D eigenvalue weighted by atomic mass is 10.1. The molecule has 200 valence electrons. The van der Waals surface area contributed by atoms with Crippen LogP contribution in [0.4, 0.5) is 4.39 Å². The third kappa shape index (κ3) is 6.28. The minimum absolute atomic E-state index is 0.188. The average Bonchev–Trinajstić information content (AvgIpc) is 3.40. The van der Waals surface area contributed by atoms with Gasteiger partial charge in [0.25, 0.3) is 0 Å². The quantitative estimate of drug-likeness (QED) is 0.216. The highest BCUT2D eigenvalue weighted by Gasteiger charge is 2.47. The first-order valence-electron chi connectivity index (χ1n) is 11.5. The topological polar surface area (TPSA) is 134 Å². The van der Waals surface area contributed by atoms with E-state index in [-0.39, 0.29) is 10.9 Å². The van der Waals surface area contributed by atoms with Gasteiger partial charge >= 0.3 is 13.7 Å². The molecule has 0 radical (unpaired) electrons. The summed E-state index contributed by atoms with van der Waals surface area (Å²) < 4.78 is 52.1. The van der Waals surface area contributed by atoms with Crippen molar-refractivity contribution in [3.05, 3.63) is 54.1 Å². The zero-order valence-electron chi connectivity index (χ0n) is 20.2. The third-order valence-corrected chi connectivity index (χ3v) is 7.41. The van der Waals surface area contributed by atoms with Gasteiger partial charge in [-0.3, -0.25) is 9.32 Å². The number of ether oxygens (including phenoxy) is 2. The Morgan fingerprint density at radius 1 is 1.27 bits per heavy atom. The van der Waals surface area contributed by atoms with Gasteiger partial charge in [-0.1, -0.05) is 29.8 Å². The van der Waals surface area contributed by atoms with E-state index in [0.29, 0.717) is 11.0 Å². The number of carbonyl (C=O) groups excluding carboxylic acids is 1. The lowest BCUT2D eigenvalue weighted by Gasteiger charge is -2.25. The van der Waals surface area contributed by atoms with Gasteiger partial charge in [0, 0.05) is 6.20 Å². The van der Waals surface area contributed by atoms with Crippen LogP contribution in [0.5, 0.6) is 5.75 Å². The molecule has 1 aliphatic rings. The number of hydrogen-bond acceptors (Lipinski definition) is 9. The second-order valence-electron chi connectivity index (χ2n) is 8.66. The Labute approximate surface area is 217 Å². The van der Waals surface area contributed by atoms with Gasteiger partial charge in [0.15, 0.2) is 12.4 Å². The summed E-state index contributed by atoms with van der Waals surface area (Å²) in [5, 5.41) is 13.7. The fourth-order valence-electron chi connectivity index (χ4n) is 3.72. The summed E-state index contributed by atoms with van der Waals surface area (Å²) in [6.07, 6.45) is -3.59. The van der Waals surface area contributed by atoms with Gasteiger partial charge < -0.3 is 23.7 Å². The van der Waals surface area contributed by atoms with E-state index in [2.05, 4.69) is 15.1 Å². The number of hydrogen-bond donors (Lipinski definition) is 2. The van der Waals surface area contributed by atoms with E-state index in [1.165, 1.54) is 24.0 Å². The van der Waals surface area contributed by atoms with Gasteiger partial charge in [-0.15, -0.1) is 0 Å². The molecule has 1 aliphatic heterocycles. The Balaban J connectivity index is 1.50. The number of para-hydroxylation sites is 1. The number of rotatable bonds is 10. The van der Waals surface area contributed by atoms with Crippen LogP contribution in [-0.2, 0) is 23.4 Å². The number of carbonyl (C=O) groups is 1. The van der Waals surface area contributed by atoms with Crippen molar-refractivity contribution in [2.24, 2.45) is 0 Å². The zero-order chi connectivity index (χ0) is 26.7. The number of aromatic nitrogens is 3. The maximum absolute atomic E-state index is 15.1. The minimum atomic E-state index is -4.23. The van der Waals surface area contributed by atoms with E-state index in [1.807, 2.05) is 0 Å². The van der Waals surface area contributed by atoms with Crippen LogP contribution in [-0.4, -0.2) is 62.7 Å². The zero-order valence-corrected chi connectivity index (χ0v) is 21.9. The molecule has 14 heteroatoms. The molecule has 1 aromatic carbocycles. The Hall–Kier alpha value is -2.60. The molecule has 3 heterocycles. The highest BCUT2D eigenvalue weighted by molar-refractivity contribution is 7.52. The number of aliphatic hydroxyl groups excluding tert-OH is 1. The Bertz CT molecular complexity index is 1280. The number of esters is 1. The van der Waals surface area contributed by atoms with Crippen molar-refractivity contribution in [3.63, 3.8) is 0 Å². The number of alkyl halides is 1. The number of nitrogens with zero attached hydrogens (tertiary/aromatic N) is 3. The van der Waals surface area contributed by atoms with Crippen molar-refractivity contribution in [2.45, 2.75) is 57.5 Å². The lowest BCUT2D eigenvalue weighted by Crippen LogP contribution is -2.37. The largest absolute Gasteiger partial charge is 0.462 e. The average molecular weight is 557 g/mol. The fourth-order valence-corrected chi connectivity index (χ4v) is 5.41. The minimum Gasteiger partial charge on any atom is -0.462 e. The molecular formula is C23H27ClFN4O7P. The van der Waals surface area contributed by atoms with E-state index in [1.54, 1.807) is 50.2 Å². The Morgan fingerprint density at radius 3 is 2.70 bits per heavy atom. The van der Waals surface area contributed by atoms with E-state index in [9.17, 15) is 14.5 Å². The molecule has 11 nitrogen and oxygen atoms in total. The Kier molecular flexibility index (Phi) is 8.47. The van der Waals surface area contributed by atoms with Crippen molar-refractivity contribution in [2.75, 3.05) is 6.61 Å². The van der Waals surface area contributed by atoms with E-state index in [0.717, 1.165) is 0 Å². The molecule has 0 bridgehead atoms. The first kappa shape index (κ1) is 27.4. The molecule has 1 saturated heterocycles. The number of fused-ring (bicyclic) bond motifs is 1. The number of aliphatic hydroxyl groups is 1. The van der Waals surface area contributed by atoms with Crippen LogP contribution in [0, 0.1) is 0 Å². The number of halogens is 2. The molecule has 0 amide bonds. The molecular weight excluding hydrogens is 530 g/mol. The number of nitrogens with one attached hydrogen (secondary N) is 1. The van der Waals surface area contributed by atoms with E-state index >= 15 is 4.39 Å². The lowest BCUT2D eigenvalue weighted by molar-refractivity contribution is -0.149. The molecule has 1 fully saturated rings. The van der Waals surface area contributed by atoms with Gasteiger partial charge in [-0.05, 0) is 39.0 Å². The van der Waals surface area contributed by atoms with Gasteiger partial charge in [-0.2, -0.15) is 5.09 Å². The summed E-state index contributed by atoms with van der Waals surface area (Å²) in [6, 6.07) is 8.70. The summed E-state index contributed by atoms with van der Waals surface area (Å²) in [4.78, 5) is 20.3. The van der Waals surface area contributed by atoms with Crippen molar-refractivity contribution in [1.29, 1.82) is 0 Å². The highest BCUT2D eigenvalue weighted by atomic mass is 35.5. The molecule has 2 aromatic heterocycles. The van der Waals surface area contributed by atoms with E-state index in [4.69, 9.17) is 30.1 Å². The molecule has 0 aliphatic carbocycles. The van der Waals surface area contributed by atoms with Crippen molar-refractivity contribution in [3.8, 4) is 5.75 Å². The van der Waals surface area contributed by atoms with Gasteiger partial charge in [0.05, 0.1) is 18.1 Å². The molecule has 37 heavy (non-hydrogen) atoms. The van der Waals surface area contributed by atoms with Gasteiger partial charge in [0.1, 0.15) is 41.1 Å². The smallest absolute Gasteiger partial charge is 0.459 e. The molecule has 4 rings (SSSR count). The molecule has 3 aromatic rings. The van der Waals surface area contributed by atoms with Crippen molar-refractivity contribution in [1.82, 2.24) is 19.6 Å². The molecule has 0 saturated carbocycles. The molecule has 6 atom stereocenters. The summed E-state index contributed by atoms with van der Waals surface area (Å²) in [6.45, 7) is 4.28. The Morgan fingerprint density at radius 2 is 2.00 bits per heavy atom. The molecule has 0 spiro atoms. The van der Waals surface area contributed by atoms with E-state index < -0.39 is 57.1 Å². The summed E-state index contributed by atoms with van der Waals surface area (Å²) in [5.41, 5.74) is 0.318. The van der Waals surface area contributed by atoms with Crippen LogP contribution in [0.25, 0.3) is 11.0 Å². The maximum atomic E-state index is 15.1. The second-order valence-corrected chi connectivity index (χ2v) is 10.7.